The summed E-state index contributed by atoms with van der Waals surface area (Å²) in [5.74, 6) is 0.236. The summed E-state index contributed by atoms with van der Waals surface area (Å²) in [4.78, 5) is 13.3. The van der Waals surface area contributed by atoms with Gasteiger partial charge in [0.1, 0.15) is 5.60 Å². The molecule has 5 nitrogen and oxygen atoms in total. The number of methoxy groups -OCH3 is 1. The van der Waals surface area contributed by atoms with E-state index in [1.54, 1.807) is 12.0 Å². The van der Waals surface area contributed by atoms with Gasteiger partial charge >= 0.3 is 0 Å². The fourth-order valence-corrected chi connectivity index (χ4v) is 1.64. The van der Waals surface area contributed by atoms with E-state index in [0.717, 1.165) is 0 Å². The van der Waals surface area contributed by atoms with Crippen LogP contribution in [0.5, 0.6) is 0 Å². The molecule has 0 aromatic carbocycles. The maximum atomic E-state index is 11.6. The lowest BCUT2D eigenvalue weighted by atomic mass is 9.83. The van der Waals surface area contributed by atoms with Gasteiger partial charge in [0.2, 0.25) is 5.91 Å². The number of carbonyl (C=O) groups is 1. The molecule has 0 unspecified atom stereocenters. The fourth-order valence-electron chi connectivity index (χ4n) is 1.64. The Bertz CT molecular complexity index is 237. The van der Waals surface area contributed by atoms with Crippen molar-refractivity contribution in [3.05, 3.63) is 0 Å². The summed E-state index contributed by atoms with van der Waals surface area (Å²) in [6.07, 6.45) is 0. The van der Waals surface area contributed by atoms with E-state index >= 15 is 0 Å². The number of rotatable bonds is 6. The first-order chi connectivity index (χ1) is 7.49. The molecule has 0 aliphatic carbocycles. The summed E-state index contributed by atoms with van der Waals surface area (Å²) in [6, 6.07) is 0. The second kappa shape index (κ2) is 5.61. The van der Waals surface area contributed by atoms with Crippen LogP contribution in [-0.4, -0.2) is 61.4 Å². The molecular formula is C11H22N2O3. The highest BCUT2D eigenvalue weighted by Crippen LogP contribution is 2.28. The van der Waals surface area contributed by atoms with Crippen molar-refractivity contribution in [2.75, 3.05) is 39.9 Å². The normalized spacial score (nSPS) is 18.7. The molecule has 0 radical (unpaired) electrons. The van der Waals surface area contributed by atoms with Crippen molar-refractivity contribution in [2.45, 2.75) is 19.4 Å². The van der Waals surface area contributed by atoms with Crippen LogP contribution in [0.3, 0.4) is 0 Å². The molecule has 0 spiro atoms. The number of carbonyl (C=O) groups excluding carboxylic acids is 1. The molecule has 16 heavy (non-hydrogen) atoms. The molecule has 1 rings (SSSR count). The van der Waals surface area contributed by atoms with Gasteiger partial charge in [-0.2, -0.15) is 0 Å². The highest BCUT2D eigenvalue weighted by molar-refractivity contribution is 5.79. The average molecular weight is 230 g/mol. The van der Waals surface area contributed by atoms with Gasteiger partial charge in [0, 0.05) is 13.7 Å². The van der Waals surface area contributed by atoms with Crippen molar-refractivity contribution in [2.24, 2.45) is 5.92 Å². The number of hydrogen-bond acceptors (Lipinski definition) is 4. The summed E-state index contributed by atoms with van der Waals surface area (Å²) in [5.41, 5.74) is -0.678. The summed E-state index contributed by atoms with van der Waals surface area (Å²) in [6.45, 7) is 6.44. The van der Waals surface area contributed by atoms with Gasteiger partial charge in [-0.3, -0.25) is 4.79 Å². The third-order valence-corrected chi connectivity index (χ3v) is 3.12. The first kappa shape index (κ1) is 13.4. The van der Waals surface area contributed by atoms with Crippen molar-refractivity contribution < 1.29 is 14.6 Å². The van der Waals surface area contributed by atoms with Crippen molar-refractivity contribution in [1.82, 2.24) is 10.2 Å². The van der Waals surface area contributed by atoms with Gasteiger partial charge in [0.05, 0.1) is 26.2 Å². The van der Waals surface area contributed by atoms with Crippen LogP contribution in [0.2, 0.25) is 0 Å². The Morgan fingerprint density at radius 2 is 2.19 bits per heavy atom. The summed E-state index contributed by atoms with van der Waals surface area (Å²) in [7, 11) is 1.63. The predicted octanol–water partition coefficient (Wildman–Crippen LogP) is -0.548. The molecular weight excluding hydrogens is 208 g/mol. The number of nitrogens with one attached hydrogen (secondary N) is 1. The minimum absolute atomic E-state index is 0.0430. The van der Waals surface area contributed by atoms with Gasteiger partial charge in [0.15, 0.2) is 0 Å². The lowest BCUT2D eigenvalue weighted by Crippen LogP contribution is -2.66. The maximum absolute atomic E-state index is 11.6. The molecule has 0 aromatic rings. The van der Waals surface area contributed by atoms with Crippen LogP contribution in [0.4, 0.5) is 0 Å². The summed E-state index contributed by atoms with van der Waals surface area (Å²) >= 11 is 0. The molecule has 2 N–H and O–H groups in total. The van der Waals surface area contributed by atoms with Gasteiger partial charge < -0.3 is 20.1 Å². The van der Waals surface area contributed by atoms with E-state index in [-0.39, 0.29) is 11.8 Å². The molecule has 1 fully saturated rings. The Hall–Kier alpha value is -0.650. The fraction of sp³-hybridized carbons (Fsp3) is 0.909. The van der Waals surface area contributed by atoms with Crippen molar-refractivity contribution in [1.29, 1.82) is 0 Å². The minimum atomic E-state index is -0.678. The van der Waals surface area contributed by atoms with Crippen LogP contribution in [-0.2, 0) is 9.53 Å². The molecule has 1 saturated heterocycles. The number of hydrogen-bond donors (Lipinski definition) is 2. The minimum Gasteiger partial charge on any atom is -0.386 e. The van der Waals surface area contributed by atoms with Crippen molar-refractivity contribution in [3.63, 3.8) is 0 Å². The Balaban J connectivity index is 2.17. The Kier molecular flexibility index (Phi) is 4.70. The quantitative estimate of drug-likeness (QED) is 0.601. The van der Waals surface area contributed by atoms with Gasteiger partial charge in [-0.1, -0.05) is 13.8 Å². The van der Waals surface area contributed by atoms with E-state index in [1.807, 2.05) is 13.8 Å². The molecule has 1 aliphatic heterocycles. The van der Waals surface area contributed by atoms with Gasteiger partial charge in [0.25, 0.3) is 0 Å². The van der Waals surface area contributed by atoms with Gasteiger partial charge in [-0.15, -0.1) is 0 Å². The molecule has 0 aromatic heterocycles. The van der Waals surface area contributed by atoms with E-state index in [1.165, 1.54) is 0 Å². The van der Waals surface area contributed by atoms with E-state index in [4.69, 9.17) is 4.74 Å². The smallest absolute Gasteiger partial charge is 0.236 e. The number of likely N-dealkylation sites (tertiary alicyclic amines) is 1. The number of β-amino-alcohol motifs (C(OH)–C–C–N with tert-alkyl or cyclic N) is 1. The lowest BCUT2D eigenvalue weighted by molar-refractivity contribution is -0.162. The number of aliphatic hydroxyl groups is 1. The molecule has 1 heterocycles. The summed E-state index contributed by atoms with van der Waals surface area (Å²) in [5, 5.41) is 13.0. The molecule has 94 valence electrons. The molecule has 5 heteroatoms. The Labute approximate surface area is 96.8 Å². The van der Waals surface area contributed by atoms with Crippen LogP contribution in [0.15, 0.2) is 0 Å². The number of nitrogens with zero attached hydrogens (tertiary/aromatic N) is 1. The second-order valence-electron chi connectivity index (χ2n) is 4.68. The van der Waals surface area contributed by atoms with E-state index in [9.17, 15) is 9.90 Å². The van der Waals surface area contributed by atoms with Crippen LogP contribution >= 0.6 is 0 Å². The van der Waals surface area contributed by atoms with E-state index in [2.05, 4.69) is 5.32 Å². The van der Waals surface area contributed by atoms with Crippen LogP contribution in [0.1, 0.15) is 13.8 Å². The first-order valence-corrected chi connectivity index (χ1v) is 5.69. The predicted molar refractivity (Wildman–Crippen MR) is 61.1 cm³/mol. The average Bonchev–Trinajstić information content (AvgIpc) is 2.19. The van der Waals surface area contributed by atoms with Crippen molar-refractivity contribution >= 4 is 5.91 Å². The largest absolute Gasteiger partial charge is 0.386 e. The lowest BCUT2D eigenvalue weighted by Gasteiger charge is -2.49. The first-order valence-electron chi connectivity index (χ1n) is 5.69. The van der Waals surface area contributed by atoms with Crippen molar-refractivity contribution in [3.8, 4) is 0 Å². The maximum Gasteiger partial charge on any atom is 0.236 e. The monoisotopic (exact) mass is 230 g/mol. The molecule has 0 bridgehead atoms. The third kappa shape index (κ3) is 3.17. The topological polar surface area (TPSA) is 61.8 Å². The third-order valence-electron chi connectivity index (χ3n) is 3.12. The zero-order valence-corrected chi connectivity index (χ0v) is 10.3. The number of ether oxygens (including phenoxy) is 1. The van der Waals surface area contributed by atoms with E-state index in [0.29, 0.717) is 32.8 Å². The second-order valence-corrected chi connectivity index (χ2v) is 4.68. The molecule has 0 atom stereocenters. The highest BCUT2D eigenvalue weighted by atomic mass is 16.5. The standard InChI is InChI=1S/C11H22N2O3/c1-9(2)11(15)7-13(8-11)10(14)6-12-4-5-16-3/h9,12,15H,4-8H2,1-3H3. The van der Waals surface area contributed by atoms with Crippen LogP contribution < -0.4 is 5.32 Å². The zero-order chi connectivity index (χ0) is 12.2. The van der Waals surface area contributed by atoms with Crippen LogP contribution in [0.25, 0.3) is 0 Å². The summed E-state index contributed by atoms with van der Waals surface area (Å²) < 4.78 is 4.86. The zero-order valence-electron chi connectivity index (χ0n) is 10.3. The highest BCUT2D eigenvalue weighted by Gasteiger charge is 2.45. The van der Waals surface area contributed by atoms with Gasteiger partial charge in [-0.05, 0) is 5.92 Å². The Morgan fingerprint density at radius 1 is 1.56 bits per heavy atom. The van der Waals surface area contributed by atoms with Crippen LogP contribution in [0, 0.1) is 5.92 Å². The molecule has 1 amide bonds. The molecule has 1 aliphatic rings. The van der Waals surface area contributed by atoms with E-state index < -0.39 is 5.60 Å². The molecule has 0 saturated carbocycles. The number of amides is 1. The Morgan fingerprint density at radius 3 is 2.69 bits per heavy atom. The SMILES string of the molecule is COCCNCC(=O)N1CC(O)(C(C)C)C1. The van der Waals surface area contributed by atoms with Gasteiger partial charge in [-0.25, -0.2) is 0 Å².